The van der Waals surface area contributed by atoms with Crippen LogP contribution in [0, 0.1) is 18.3 Å². The van der Waals surface area contributed by atoms with Gasteiger partial charge in [-0.25, -0.2) is 4.98 Å². The number of nitriles is 1. The van der Waals surface area contributed by atoms with Crippen LogP contribution in [0.15, 0.2) is 30.6 Å². The predicted molar refractivity (Wildman–Crippen MR) is 75.9 cm³/mol. The second kappa shape index (κ2) is 4.89. The van der Waals surface area contributed by atoms with Crippen LogP contribution < -0.4 is 0 Å². The molecule has 3 heteroatoms. The normalized spacial score (nSPS) is 13.0. The monoisotopic (exact) mass is 253 g/mol. The largest absolute Gasteiger partial charge is 0.347 e. The molecule has 98 valence electrons. The molecular weight excluding hydrogens is 234 g/mol. The lowest BCUT2D eigenvalue weighted by atomic mass is 9.83. The molecule has 0 saturated carbocycles. The number of nitrogens with zero attached hydrogens (tertiary/aromatic N) is 2. The molecule has 1 aromatic heterocycles. The summed E-state index contributed by atoms with van der Waals surface area (Å²) in [5, 5.41) is 9.46. The van der Waals surface area contributed by atoms with Gasteiger partial charge < -0.3 is 4.98 Å². The zero-order valence-electron chi connectivity index (χ0n) is 11.9. The summed E-state index contributed by atoms with van der Waals surface area (Å²) in [5.41, 5.74) is 3.46. The van der Waals surface area contributed by atoms with Crippen molar-refractivity contribution in [2.24, 2.45) is 0 Å². The van der Waals surface area contributed by atoms with Gasteiger partial charge in [-0.15, -0.1) is 0 Å². The van der Waals surface area contributed by atoms with Crippen molar-refractivity contribution in [1.82, 2.24) is 9.97 Å². The van der Waals surface area contributed by atoms with E-state index < -0.39 is 0 Å². The molecule has 19 heavy (non-hydrogen) atoms. The van der Waals surface area contributed by atoms with E-state index in [1.54, 1.807) is 12.4 Å². The van der Waals surface area contributed by atoms with E-state index in [2.05, 4.69) is 55.0 Å². The van der Waals surface area contributed by atoms with E-state index in [-0.39, 0.29) is 11.3 Å². The van der Waals surface area contributed by atoms with E-state index in [9.17, 15) is 5.26 Å². The molecule has 1 unspecified atom stereocenters. The van der Waals surface area contributed by atoms with E-state index in [0.717, 1.165) is 11.1 Å². The smallest absolute Gasteiger partial charge is 0.129 e. The first-order chi connectivity index (χ1) is 8.93. The third-order valence-electron chi connectivity index (χ3n) is 3.38. The molecule has 1 heterocycles. The number of nitrogens with one attached hydrogen (secondary N) is 1. The Balaban J connectivity index is 2.52. The maximum absolute atomic E-state index is 9.46. The summed E-state index contributed by atoms with van der Waals surface area (Å²) < 4.78 is 0. The Labute approximate surface area is 114 Å². The van der Waals surface area contributed by atoms with Gasteiger partial charge in [0.05, 0.1) is 6.07 Å². The summed E-state index contributed by atoms with van der Waals surface area (Å²) in [6.45, 7) is 8.57. The van der Waals surface area contributed by atoms with Gasteiger partial charge in [0.25, 0.3) is 0 Å². The van der Waals surface area contributed by atoms with Crippen molar-refractivity contribution >= 4 is 0 Å². The van der Waals surface area contributed by atoms with Crippen molar-refractivity contribution in [2.45, 2.75) is 39.0 Å². The second-order valence-corrected chi connectivity index (χ2v) is 5.86. The van der Waals surface area contributed by atoms with E-state index in [1.807, 2.05) is 6.92 Å². The minimum Gasteiger partial charge on any atom is -0.347 e. The average molecular weight is 253 g/mol. The van der Waals surface area contributed by atoms with Crippen molar-refractivity contribution in [1.29, 1.82) is 5.26 Å². The van der Waals surface area contributed by atoms with Crippen LogP contribution in [0.1, 0.15) is 49.2 Å². The lowest BCUT2D eigenvalue weighted by molar-refractivity contribution is 0.589. The highest BCUT2D eigenvalue weighted by Crippen LogP contribution is 2.30. The molecule has 2 aromatic rings. The first-order valence-electron chi connectivity index (χ1n) is 6.43. The lowest BCUT2D eigenvalue weighted by Gasteiger charge is -2.21. The van der Waals surface area contributed by atoms with Crippen LogP contribution in [0.3, 0.4) is 0 Å². The second-order valence-electron chi connectivity index (χ2n) is 5.86. The first-order valence-corrected chi connectivity index (χ1v) is 6.43. The third-order valence-corrected chi connectivity index (χ3v) is 3.38. The van der Waals surface area contributed by atoms with Gasteiger partial charge in [-0.05, 0) is 29.0 Å². The van der Waals surface area contributed by atoms with Crippen LogP contribution in [0.4, 0.5) is 0 Å². The van der Waals surface area contributed by atoms with Crippen LogP contribution in [-0.4, -0.2) is 9.97 Å². The summed E-state index contributed by atoms with van der Waals surface area (Å²) in [5.74, 6) is 0.369. The molecule has 0 amide bonds. The van der Waals surface area contributed by atoms with Crippen molar-refractivity contribution in [2.75, 3.05) is 0 Å². The van der Waals surface area contributed by atoms with Crippen molar-refractivity contribution in [3.63, 3.8) is 0 Å². The zero-order valence-corrected chi connectivity index (χ0v) is 11.9. The molecule has 0 spiro atoms. The van der Waals surface area contributed by atoms with Gasteiger partial charge in [0, 0.05) is 12.4 Å². The van der Waals surface area contributed by atoms with Gasteiger partial charge in [0.2, 0.25) is 0 Å². The Morgan fingerprint density at radius 3 is 2.58 bits per heavy atom. The molecule has 1 aromatic carbocycles. The molecule has 0 radical (unpaired) electrons. The van der Waals surface area contributed by atoms with Gasteiger partial charge >= 0.3 is 0 Å². The fourth-order valence-electron chi connectivity index (χ4n) is 2.13. The number of imidazole rings is 1. The number of aromatic amines is 1. The molecule has 1 atom stereocenters. The Morgan fingerprint density at radius 2 is 2.05 bits per heavy atom. The summed E-state index contributed by atoms with van der Waals surface area (Å²) in [6, 6.07) is 8.70. The van der Waals surface area contributed by atoms with Gasteiger partial charge in [-0.3, -0.25) is 0 Å². The predicted octanol–water partition coefficient (Wildman–Crippen LogP) is 3.67. The quantitative estimate of drug-likeness (QED) is 0.887. The van der Waals surface area contributed by atoms with E-state index in [4.69, 9.17) is 0 Å². The number of aromatic nitrogens is 2. The van der Waals surface area contributed by atoms with Crippen molar-refractivity contribution in [3.8, 4) is 6.07 Å². The molecule has 0 saturated heterocycles. The SMILES string of the molecule is Cc1ccc(C(C)(C)C)cc1C(C#N)c1ncc[nH]1. The van der Waals surface area contributed by atoms with Crippen LogP contribution >= 0.6 is 0 Å². The molecule has 0 bridgehead atoms. The fraction of sp³-hybridized carbons (Fsp3) is 0.375. The van der Waals surface area contributed by atoms with Crippen molar-refractivity contribution < 1.29 is 0 Å². The van der Waals surface area contributed by atoms with Crippen molar-refractivity contribution in [3.05, 3.63) is 53.1 Å². The summed E-state index contributed by atoms with van der Waals surface area (Å²) >= 11 is 0. The Bertz CT molecular complexity index is 598. The number of hydrogen-bond donors (Lipinski definition) is 1. The fourth-order valence-corrected chi connectivity index (χ4v) is 2.13. The van der Waals surface area contributed by atoms with Crippen LogP contribution in [-0.2, 0) is 5.41 Å². The third kappa shape index (κ3) is 2.68. The van der Waals surface area contributed by atoms with Gasteiger partial charge in [0.15, 0.2) is 0 Å². The van der Waals surface area contributed by atoms with E-state index in [1.165, 1.54) is 5.56 Å². The minimum atomic E-state index is -0.336. The molecule has 0 aliphatic carbocycles. The Morgan fingerprint density at radius 1 is 1.32 bits per heavy atom. The number of hydrogen-bond acceptors (Lipinski definition) is 2. The summed E-state index contributed by atoms with van der Waals surface area (Å²) in [6.07, 6.45) is 3.44. The maximum Gasteiger partial charge on any atom is 0.129 e. The van der Waals surface area contributed by atoms with E-state index >= 15 is 0 Å². The minimum absolute atomic E-state index is 0.0750. The van der Waals surface area contributed by atoms with Crippen LogP contribution in [0.25, 0.3) is 0 Å². The standard InChI is InChI=1S/C16H19N3/c1-11-5-6-12(16(2,3)4)9-13(11)14(10-17)15-18-7-8-19-15/h5-9,14H,1-4H3,(H,18,19). The first kappa shape index (κ1) is 13.4. The highest BCUT2D eigenvalue weighted by Gasteiger charge is 2.21. The molecule has 0 aliphatic rings. The van der Waals surface area contributed by atoms with Gasteiger partial charge in [-0.2, -0.15) is 5.26 Å². The Kier molecular flexibility index (Phi) is 3.44. The average Bonchev–Trinajstić information content (AvgIpc) is 2.84. The molecule has 3 nitrogen and oxygen atoms in total. The summed E-state index contributed by atoms with van der Waals surface area (Å²) in [7, 11) is 0. The highest BCUT2D eigenvalue weighted by atomic mass is 14.9. The van der Waals surface area contributed by atoms with Gasteiger partial charge in [0.1, 0.15) is 11.7 Å². The summed E-state index contributed by atoms with van der Waals surface area (Å²) in [4.78, 5) is 7.26. The van der Waals surface area contributed by atoms with Crippen LogP contribution in [0.5, 0.6) is 0 Å². The molecule has 0 aliphatic heterocycles. The van der Waals surface area contributed by atoms with Gasteiger partial charge in [-0.1, -0.05) is 39.0 Å². The molecule has 2 rings (SSSR count). The topological polar surface area (TPSA) is 52.5 Å². The van der Waals surface area contributed by atoms with Crippen LogP contribution in [0.2, 0.25) is 0 Å². The molecule has 1 N–H and O–H groups in total. The number of aryl methyl sites for hydroxylation is 1. The number of H-pyrrole nitrogens is 1. The molecular formula is C16H19N3. The number of benzene rings is 1. The zero-order chi connectivity index (χ0) is 14.0. The highest BCUT2D eigenvalue weighted by molar-refractivity contribution is 5.42. The lowest BCUT2D eigenvalue weighted by Crippen LogP contribution is -2.13. The Hall–Kier alpha value is -2.08. The van der Waals surface area contributed by atoms with E-state index in [0.29, 0.717) is 5.82 Å². The molecule has 0 fully saturated rings. The number of rotatable bonds is 2. The maximum atomic E-state index is 9.46.